The predicted molar refractivity (Wildman–Crippen MR) is 306 cm³/mol. The lowest BCUT2D eigenvalue weighted by atomic mass is 9.84. The molecule has 17 nitrogen and oxygen atoms in total. The number of alkyl halides is 1. The second-order valence-corrected chi connectivity index (χ2v) is 24.9. The molecule has 4 amide bonds. The van der Waals surface area contributed by atoms with E-state index in [1.165, 1.54) is 17.0 Å². The van der Waals surface area contributed by atoms with E-state index in [-0.39, 0.29) is 63.0 Å². The number of piperidine rings is 1. The molecule has 3 saturated heterocycles. The van der Waals surface area contributed by atoms with Crippen LogP contribution in [0.1, 0.15) is 119 Å². The van der Waals surface area contributed by atoms with Crippen molar-refractivity contribution in [2.75, 3.05) is 79.1 Å². The standard InChI is InChI=1S/C58H85FN9O8SSi/c1-15-44(61-51(70)49(37(3)4)64(13)53(72)57(59)25-29-65(30-26-57)47(69)22-24-56(9,10)63(11)12)52(71)68-28-18-23-58(78,62-68)54(73)76-36-55(7,8)34-43-42-33-40(66-31-32-75-46(35-66)39(6)77)20-21-45(42)67(16-2)50(43)41-19-17-27-60-48(41)38(5)74-14/h17,19-21,27,33,37-39,44,46,49,62,77H,15-16,18,23,25-26,28-32,34-36H2,1-14H3,(H,61,70)/t38-,39?,44-,46?,49-,58-/m0/s1. The van der Waals surface area contributed by atoms with Gasteiger partial charge in [0.05, 0.1) is 52.6 Å². The smallest absolute Gasteiger partial charge is 0.323 e. The summed E-state index contributed by atoms with van der Waals surface area (Å²) in [6.45, 7) is 22.4. The molecule has 427 valence electrons. The van der Waals surface area contributed by atoms with E-state index < -0.39 is 69.4 Å². The number of aryl methyl sites for hydroxylation is 1. The van der Waals surface area contributed by atoms with Crippen molar-refractivity contribution in [2.24, 2.45) is 11.3 Å². The molecule has 6 rings (SSSR count). The van der Waals surface area contributed by atoms with Gasteiger partial charge in [0.25, 0.3) is 17.7 Å². The maximum atomic E-state index is 16.5. The van der Waals surface area contributed by atoms with Gasteiger partial charge < -0.3 is 38.8 Å². The molecule has 6 atom stereocenters. The van der Waals surface area contributed by atoms with Crippen molar-refractivity contribution in [3.05, 3.63) is 47.8 Å². The lowest BCUT2D eigenvalue weighted by Gasteiger charge is -2.42. The predicted octanol–water partition coefficient (Wildman–Crippen LogP) is 6.11. The Labute approximate surface area is 471 Å². The topological polar surface area (TPSA) is 171 Å². The molecule has 1 aromatic carbocycles. The quantitative estimate of drug-likeness (QED) is 0.0546. The first kappa shape index (κ1) is 62.2. The van der Waals surface area contributed by atoms with Crippen LogP contribution in [-0.4, -0.2) is 183 Å². The summed E-state index contributed by atoms with van der Waals surface area (Å²) in [5.41, 5.74) is 5.68. The zero-order valence-electron chi connectivity index (χ0n) is 48.5. The van der Waals surface area contributed by atoms with Crippen molar-refractivity contribution >= 4 is 69.1 Å². The first-order valence-electron chi connectivity index (χ1n) is 27.6. The van der Waals surface area contributed by atoms with Gasteiger partial charge in [0.1, 0.15) is 17.2 Å². The number of aromatic nitrogens is 2. The zero-order valence-corrected chi connectivity index (χ0v) is 50.4. The third kappa shape index (κ3) is 13.9. The molecule has 3 aromatic rings. The molecule has 2 unspecified atom stereocenters. The van der Waals surface area contributed by atoms with Gasteiger partial charge in [0.15, 0.2) is 5.67 Å². The molecule has 2 aromatic heterocycles. The van der Waals surface area contributed by atoms with Crippen molar-refractivity contribution in [3.63, 3.8) is 0 Å². The fraction of sp³-hybridized carbons (Fsp3) is 0.655. The van der Waals surface area contributed by atoms with Gasteiger partial charge in [-0.3, -0.25) is 38.9 Å². The van der Waals surface area contributed by atoms with Crippen LogP contribution in [0, 0.1) is 23.2 Å². The Morgan fingerprint density at radius 2 is 1.72 bits per heavy atom. The Morgan fingerprint density at radius 1 is 1.03 bits per heavy atom. The van der Waals surface area contributed by atoms with Gasteiger partial charge in [-0.1, -0.05) is 47.5 Å². The molecule has 0 bridgehead atoms. The second kappa shape index (κ2) is 25.6. The number of likely N-dealkylation sites (N-methyl/N-ethyl adjacent to an activating group) is 1. The lowest BCUT2D eigenvalue weighted by molar-refractivity contribution is -0.158. The summed E-state index contributed by atoms with van der Waals surface area (Å²) in [6, 6.07) is 8.50. The van der Waals surface area contributed by atoms with Crippen molar-refractivity contribution in [2.45, 2.75) is 160 Å². The molecule has 3 radical (unpaired) electrons. The monoisotopic (exact) mass is 1110 g/mol. The van der Waals surface area contributed by atoms with Crippen LogP contribution in [0.15, 0.2) is 36.5 Å². The van der Waals surface area contributed by atoms with Crippen LogP contribution < -0.4 is 15.6 Å². The number of methoxy groups -OCH3 is 1. The Balaban J connectivity index is 1.15. The summed E-state index contributed by atoms with van der Waals surface area (Å²) in [7, 11) is 10.5. The number of anilines is 1. The first-order valence-corrected chi connectivity index (χ1v) is 28.6. The summed E-state index contributed by atoms with van der Waals surface area (Å²) < 4.78 is 37.0. The van der Waals surface area contributed by atoms with Crippen LogP contribution in [0.5, 0.6) is 0 Å². The summed E-state index contributed by atoms with van der Waals surface area (Å²) >= 11 is 4.71. The number of morpholine rings is 1. The Kier molecular flexibility index (Phi) is 20.4. The highest BCUT2D eigenvalue weighted by Gasteiger charge is 2.48. The van der Waals surface area contributed by atoms with Crippen molar-refractivity contribution in [1.82, 2.24) is 40.0 Å². The fourth-order valence-corrected chi connectivity index (χ4v) is 11.1. The Bertz CT molecular complexity index is 2720. The molecular formula is C58H85FN9O8SSi. The summed E-state index contributed by atoms with van der Waals surface area (Å²) in [5, 5.41) is 3.86. The van der Waals surface area contributed by atoms with Crippen LogP contribution in [0.2, 0.25) is 0 Å². The minimum Gasteiger partial charge on any atom is -0.464 e. The average molecular weight is 1120 g/mol. The first-order chi connectivity index (χ1) is 36.6. The summed E-state index contributed by atoms with van der Waals surface area (Å²) in [6.07, 6.45) is 2.45. The molecular weight excluding hydrogens is 1030 g/mol. The third-order valence-electron chi connectivity index (χ3n) is 15.9. The lowest BCUT2D eigenvalue weighted by Crippen LogP contribution is -2.67. The normalized spacial score (nSPS) is 20.7. The number of carbonyl (C=O) groups excluding carboxylic acids is 5. The minimum atomic E-state index is -2.32. The molecule has 0 spiro atoms. The highest BCUT2D eigenvalue weighted by atomic mass is 32.1. The average Bonchev–Trinajstić information content (AvgIpc) is 3.77. The summed E-state index contributed by atoms with van der Waals surface area (Å²) in [4.78, 5) is 81.3. The SMILES string of the molecule is CC[C@H](NC(=O)[C@H](C(C)C)N(C)C(=O)C1(F)CCN(C(=O)C#CC(C)(C)N(C)C)CC1)C(=O)N1CCC[C@]([Si])(C(=O)OCC(C)(C)Cc2c(-c3cccnc3[C@H](C)OC)n(CC)c3ccc(N4CCOC(C(C)S)C4)cc23)N1. The molecule has 3 aliphatic rings. The number of halogens is 1. The number of amides is 4. The van der Waals surface area contributed by atoms with Crippen molar-refractivity contribution in [3.8, 4) is 23.1 Å². The van der Waals surface area contributed by atoms with E-state index in [0.717, 1.165) is 50.5 Å². The Morgan fingerprint density at radius 3 is 2.33 bits per heavy atom. The maximum Gasteiger partial charge on any atom is 0.323 e. The molecule has 3 aliphatic heterocycles. The Hall–Kier alpha value is -5.04. The molecule has 2 N–H and O–H groups in total. The molecule has 5 heterocycles. The maximum absolute atomic E-state index is 16.5. The van der Waals surface area contributed by atoms with Gasteiger partial charge in [-0.05, 0) is 115 Å². The van der Waals surface area contributed by atoms with E-state index in [1.807, 2.05) is 45.8 Å². The van der Waals surface area contributed by atoms with Crippen molar-refractivity contribution in [1.29, 1.82) is 0 Å². The number of ether oxygens (including phenoxy) is 3. The number of hydrogen-bond acceptors (Lipinski definition) is 13. The molecule has 3 fully saturated rings. The van der Waals surface area contributed by atoms with Crippen LogP contribution in [0.4, 0.5) is 10.1 Å². The van der Waals surface area contributed by atoms with E-state index in [1.54, 1.807) is 34.1 Å². The zero-order chi connectivity index (χ0) is 57.7. The van der Waals surface area contributed by atoms with Crippen LogP contribution >= 0.6 is 12.6 Å². The van der Waals surface area contributed by atoms with Crippen LogP contribution in [0.3, 0.4) is 0 Å². The van der Waals surface area contributed by atoms with E-state index >= 15 is 4.39 Å². The number of hydrogen-bond donors (Lipinski definition) is 3. The third-order valence-corrected chi connectivity index (χ3v) is 16.8. The number of hydrazine groups is 1. The molecule has 78 heavy (non-hydrogen) atoms. The van der Waals surface area contributed by atoms with E-state index in [2.05, 4.69) is 94.3 Å². The fourth-order valence-electron chi connectivity index (χ4n) is 10.6. The number of esters is 1. The van der Waals surface area contributed by atoms with E-state index in [9.17, 15) is 24.0 Å². The number of likely N-dealkylation sites (tertiary alicyclic amines) is 1. The number of rotatable bonds is 19. The van der Waals surface area contributed by atoms with Gasteiger partial charge in [0.2, 0.25) is 5.91 Å². The molecule has 0 saturated carbocycles. The summed E-state index contributed by atoms with van der Waals surface area (Å²) in [5.74, 6) is 2.17. The number of thiol groups is 1. The number of carbonyl (C=O) groups is 5. The second-order valence-electron chi connectivity index (χ2n) is 23.2. The minimum absolute atomic E-state index is 0.0110. The number of pyridine rings is 1. The van der Waals surface area contributed by atoms with Gasteiger partial charge in [-0.2, -0.15) is 12.6 Å². The largest absolute Gasteiger partial charge is 0.464 e. The van der Waals surface area contributed by atoms with Crippen LogP contribution in [0.25, 0.3) is 22.2 Å². The molecule has 20 heteroatoms. The van der Waals surface area contributed by atoms with Crippen LogP contribution in [-0.2, 0) is 51.1 Å². The number of benzene rings is 1. The number of nitrogens with one attached hydrogen (secondary N) is 2. The van der Waals surface area contributed by atoms with Gasteiger partial charge in [-0.15, -0.1) is 0 Å². The highest BCUT2D eigenvalue weighted by Crippen LogP contribution is 2.42. The van der Waals surface area contributed by atoms with E-state index in [0.29, 0.717) is 39.0 Å². The van der Waals surface area contributed by atoms with Crippen molar-refractivity contribution < 1.29 is 42.6 Å². The van der Waals surface area contributed by atoms with Gasteiger partial charge in [-0.25, -0.2) is 9.82 Å². The van der Waals surface area contributed by atoms with Gasteiger partial charge >= 0.3 is 5.97 Å². The molecule has 0 aliphatic carbocycles. The van der Waals surface area contributed by atoms with E-state index in [4.69, 9.17) is 31.8 Å². The number of fused-ring (bicyclic) bond motifs is 1. The number of nitrogens with zero attached hydrogens (tertiary/aromatic N) is 7. The van der Waals surface area contributed by atoms with Gasteiger partial charge in [0, 0.05) is 105 Å². The highest BCUT2D eigenvalue weighted by molar-refractivity contribution is 7.81.